The van der Waals surface area contributed by atoms with Crippen molar-refractivity contribution in [2.45, 2.75) is 36.3 Å². The second-order valence-corrected chi connectivity index (χ2v) is 9.86. The summed E-state index contributed by atoms with van der Waals surface area (Å²) in [5.74, 6) is -2.76. The molecule has 1 aromatic carbocycles. The molecule has 0 spiro atoms. The Morgan fingerprint density at radius 2 is 1.84 bits per heavy atom. The van der Waals surface area contributed by atoms with E-state index < -0.39 is 52.5 Å². The third-order valence-corrected chi connectivity index (χ3v) is 7.37. The third-order valence-electron chi connectivity index (χ3n) is 5.48. The van der Waals surface area contributed by atoms with Crippen LogP contribution >= 0.6 is 0 Å². The Kier molecular flexibility index (Phi) is 7.14. The van der Waals surface area contributed by atoms with Crippen molar-refractivity contribution in [3.63, 3.8) is 0 Å². The fourth-order valence-electron chi connectivity index (χ4n) is 3.71. The maximum absolute atomic E-state index is 14.2. The number of carbonyl (C=O) groups excluding carboxylic acids is 1. The number of nitrogens with zero attached hydrogens (tertiary/aromatic N) is 5. The molecule has 2 aromatic heterocycles. The number of carbonyl (C=O) groups is 1. The average molecular weight is 546 g/mol. The molecule has 1 N–H and O–H groups in total. The van der Waals surface area contributed by atoms with E-state index in [2.05, 4.69) is 20.4 Å². The van der Waals surface area contributed by atoms with Crippen LogP contribution in [0.5, 0.6) is 5.88 Å². The van der Waals surface area contributed by atoms with Crippen molar-refractivity contribution in [3.05, 3.63) is 60.1 Å². The fraction of sp³-hybridized carbons (Fsp3) is 0.333. The van der Waals surface area contributed by atoms with Gasteiger partial charge in [-0.2, -0.15) is 17.5 Å². The summed E-state index contributed by atoms with van der Waals surface area (Å²) in [5.41, 5.74) is 0.370. The zero-order valence-corrected chi connectivity index (χ0v) is 19.8. The van der Waals surface area contributed by atoms with Crippen LogP contribution in [0.15, 0.2) is 47.8 Å². The van der Waals surface area contributed by atoms with Crippen LogP contribution < -0.4 is 10.1 Å². The molecule has 0 bridgehead atoms. The average Bonchev–Trinajstić information content (AvgIpc) is 3.46. The van der Waals surface area contributed by atoms with Gasteiger partial charge < -0.3 is 10.1 Å². The minimum absolute atomic E-state index is 0.0192. The van der Waals surface area contributed by atoms with Gasteiger partial charge in [-0.1, -0.05) is 0 Å². The SMILES string of the molecule is COc1nn(-c2cnc(C(F)(F)F)nc2)cc1CNC(=O)C1CC(F)CN1S(=O)(=O)c1ccc(F)cc1. The molecule has 198 valence electrons. The summed E-state index contributed by atoms with van der Waals surface area (Å²) in [6, 6.07) is 2.56. The zero-order chi connectivity index (χ0) is 27.0. The number of amides is 1. The first-order valence-electron chi connectivity index (χ1n) is 10.6. The van der Waals surface area contributed by atoms with Crippen LogP contribution in [-0.2, 0) is 27.5 Å². The van der Waals surface area contributed by atoms with E-state index >= 15 is 0 Å². The lowest BCUT2D eigenvalue weighted by atomic mass is 10.2. The summed E-state index contributed by atoms with van der Waals surface area (Å²) in [6.45, 7) is -0.769. The van der Waals surface area contributed by atoms with E-state index in [0.29, 0.717) is 5.56 Å². The standard InChI is InChI=1S/C21H19F5N6O4S/c1-36-19-12(10-31(30-19)15-8-28-20(29-9-15)21(24,25)26)7-27-18(33)17-6-14(23)11-32(17)37(34,35)16-4-2-13(22)3-5-16/h2-5,8-10,14,17H,6-7,11H2,1H3,(H,27,33). The van der Waals surface area contributed by atoms with Crippen molar-refractivity contribution in [3.8, 4) is 11.6 Å². The van der Waals surface area contributed by atoms with Gasteiger partial charge in [0.2, 0.25) is 27.6 Å². The van der Waals surface area contributed by atoms with Crippen molar-refractivity contribution >= 4 is 15.9 Å². The molecule has 16 heteroatoms. The molecule has 1 aliphatic rings. The Morgan fingerprint density at radius 1 is 1.19 bits per heavy atom. The number of hydrogen-bond acceptors (Lipinski definition) is 7. The number of nitrogens with one attached hydrogen (secondary N) is 1. The summed E-state index contributed by atoms with van der Waals surface area (Å²) in [7, 11) is -3.01. The normalized spacial score (nSPS) is 18.6. The third kappa shape index (κ3) is 5.53. The highest BCUT2D eigenvalue weighted by atomic mass is 32.2. The van der Waals surface area contributed by atoms with Gasteiger partial charge in [-0.05, 0) is 24.3 Å². The van der Waals surface area contributed by atoms with Crippen LogP contribution in [0.3, 0.4) is 0 Å². The second-order valence-electron chi connectivity index (χ2n) is 7.97. The Hall–Kier alpha value is -3.66. The summed E-state index contributed by atoms with van der Waals surface area (Å²) >= 11 is 0. The van der Waals surface area contributed by atoms with Crippen LogP contribution in [0, 0.1) is 5.82 Å². The molecule has 10 nitrogen and oxygen atoms in total. The van der Waals surface area contributed by atoms with Gasteiger partial charge in [-0.15, -0.1) is 5.10 Å². The maximum Gasteiger partial charge on any atom is 0.451 e. The number of alkyl halides is 4. The minimum atomic E-state index is -4.72. The van der Waals surface area contributed by atoms with Crippen LogP contribution in [0.4, 0.5) is 22.0 Å². The fourth-order valence-corrected chi connectivity index (χ4v) is 5.33. The van der Waals surface area contributed by atoms with Crippen LogP contribution in [-0.4, -0.2) is 64.2 Å². The summed E-state index contributed by atoms with van der Waals surface area (Å²) in [4.78, 5) is 19.1. The Labute approximate surface area is 207 Å². The van der Waals surface area contributed by atoms with E-state index in [-0.39, 0.29) is 29.4 Å². The summed E-state index contributed by atoms with van der Waals surface area (Å²) < 4.78 is 98.5. The smallest absolute Gasteiger partial charge is 0.451 e. The molecule has 1 amide bonds. The molecule has 1 fully saturated rings. The number of benzene rings is 1. The molecular weight excluding hydrogens is 527 g/mol. The molecule has 2 atom stereocenters. The number of hydrogen-bond donors (Lipinski definition) is 1. The van der Waals surface area contributed by atoms with Gasteiger partial charge >= 0.3 is 6.18 Å². The molecule has 4 rings (SSSR count). The Morgan fingerprint density at radius 3 is 2.43 bits per heavy atom. The number of ether oxygens (including phenoxy) is 1. The van der Waals surface area contributed by atoms with E-state index in [1.54, 1.807) is 0 Å². The molecule has 1 aliphatic heterocycles. The predicted octanol–water partition coefficient (Wildman–Crippen LogP) is 2.25. The molecule has 2 unspecified atom stereocenters. The number of methoxy groups -OCH3 is 1. The molecule has 3 aromatic rings. The highest BCUT2D eigenvalue weighted by Crippen LogP contribution is 2.29. The highest BCUT2D eigenvalue weighted by molar-refractivity contribution is 7.89. The predicted molar refractivity (Wildman–Crippen MR) is 116 cm³/mol. The molecule has 3 heterocycles. The van der Waals surface area contributed by atoms with Gasteiger partial charge in [-0.25, -0.2) is 31.8 Å². The minimum Gasteiger partial charge on any atom is -0.480 e. The lowest BCUT2D eigenvalue weighted by Crippen LogP contribution is -2.45. The quantitative estimate of drug-likeness (QED) is 0.452. The number of halogens is 5. The number of aromatic nitrogens is 4. The van der Waals surface area contributed by atoms with Crippen molar-refractivity contribution in [2.75, 3.05) is 13.7 Å². The van der Waals surface area contributed by atoms with E-state index in [9.17, 15) is 35.2 Å². The van der Waals surface area contributed by atoms with Crippen molar-refractivity contribution in [1.82, 2.24) is 29.4 Å². The van der Waals surface area contributed by atoms with Crippen molar-refractivity contribution < 1.29 is 39.9 Å². The van der Waals surface area contributed by atoms with E-state index in [0.717, 1.165) is 45.6 Å². The van der Waals surface area contributed by atoms with Crippen LogP contribution in [0.25, 0.3) is 5.69 Å². The Balaban J connectivity index is 1.50. The van der Waals surface area contributed by atoms with Crippen LogP contribution in [0.2, 0.25) is 0 Å². The largest absolute Gasteiger partial charge is 0.480 e. The molecule has 1 saturated heterocycles. The molecule has 0 aliphatic carbocycles. The van der Waals surface area contributed by atoms with E-state index in [4.69, 9.17) is 4.74 Å². The highest BCUT2D eigenvalue weighted by Gasteiger charge is 2.44. The van der Waals surface area contributed by atoms with E-state index in [1.165, 1.54) is 13.3 Å². The number of rotatable bonds is 7. The maximum atomic E-state index is 14.2. The van der Waals surface area contributed by atoms with Gasteiger partial charge in [-0.3, -0.25) is 4.79 Å². The lowest BCUT2D eigenvalue weighted by Gasteiger charge is -2.23. The molecule has 0 saturated carbocycles. The first kappa shape index (κ1) is 26.4. The van der Waals surface area contributed by atoms with Gasteiger partial charge in [0, 0.05) is 25.7 Å². The lowest BCUT2D eigenvalue weighted by molar-refractivity contribution is -0.145. The van der Waals surface area contributed by atoms with Crippen LogP contribution in [0.1, 0.15) is 17.8 Å². The first-order valence-corrected chi connectivity index (χ1v) is 12.1. The van der Waals surface area contributed by atoms with Crippen molar-refractivity contribution in [2.24, 2.45) is 0 Å². The van der Waals surface area contributed by atoms with Gasteiger partial charge in [0.1, 0.15) is 23.7 Å². The Bertz CT molecular complexity index is 1380. The van der Waals surface area contributed by atoms with Gasteiger partial charge in [0.25, 0.3) is 0 Å². The second kappa shape index (κ2) is 10.0. The van der Waals surface area contributed by atoms with E-state index in [1.807, 2.05) is 0 Å². The van der Waals surface area contributed by atoms with Gasteiger partial charge in [0.05, 0.1) is 30.0 Å². The zero-order valence-electron chi connectivity index (χ0n) is 19.0. The topological polar surface area (TPSA) is 119 Å². The van der Waals surface area contributed by atoms with Gasteiger partial charge in [0.15, 0.2) is 0 Å². The molecule has 37 heavy (non-hydrogen) atoms. The van der Waals surface area contributed by atoms with Crippen molar-refractivity contribution in [1.29, 1.82) is 0 Å². The molecule has 0 radical (unpaired) electrons. The summed E-state index contributed by atoms with van der Waals surface area (Å²) in [5, 5.41) is 6.57. The monoisotopic (exact) mass is 546 g/mol. The molecular formula is C21H19F5N6O4S. The number of sulfonamides is 1. The summed E-state index contributed by atoms with van der Waals surface area (Å²) in [6.07, 6.45) is -3.53. The first-order chi connectivity index (χ1) is 17.4.